The van der Waals surface area contributed by atoms with E-state index in [2.05, 4.69) is 10.0 Å². The Kier molecular flexibility index (Phi) is 6.70. The summed E-state index contributed by atoms with van der Waals surface area (Å²) >= 11 is 0. The molecule has 3 aromatic rings. The van der Waals surface area contributed by atoms with E-state index in [4.69, 9.17) is 10.00 Å². The van der Waals surface area contributed by atoms with Gasteiger partial charge in [-0.1, -0.05) is 30.3 Å². The van der Waals surface area contributed by atoms with Crippen LogP contribution in [0.25, 0.3) is 6.08 Å². The maximum atomic E-state index is 12.8. The van der Waals surface area contributed by atoms with Crippen molar-refractivity contribution in [3.63, 3.8) is 0 Å². The highest BCUT2D eigenvalue weighted by molar-refractivity contribution is 7.92. The number of amides is 1. The van der Waals surface area contributed by atoms with E-state index in [0.29, 0.717) is 22.7 Å². The Labute approximate surface area is 180 Å². The topological polar surface area (TPSA) is 108 Å². The van der Waals surface area contributed by atoms with Gasteiger partial charge in [0, 0.05) is 11.8 Å². The van der Waals surface area contributed by atoms with Gasteiger partial charge in [0.15, 0.2) is 0 Å². The molecule has 0 unspecified atom stereocenters. The van der Waals surface area contributed by atoms with Crippen molar-refractivity contribution in [3.05, 3.63) is 90.0 Å². The van der Waals surface area contributed by atoms with E-state index in [0.717, 1.165) is 5.56 Å². The van der Waals surface area contributed by atoms with Crippen LogP contribution in [0.15, 0.2) is 83.8 Å². The number of carbonyl (C=O) groups excluding carboxylic acids is 1. The van der Waals surface area contributed by atoms with E-state index >= 15 is 0 Å². The number of nitrogens with zero attached hydrogens (tertiary/aromatic N) is 1. The van der Waals surface area contributed by atoms with Crippen molar-refractivity contribution < 1.29 is 17.9 Å². The van der Waals surface area contributed by atoms with Crippen LogP contribution in [0.4, 0.5) is 11.4 Å². The van der Waals surface area contributed by atoms with E-state index in [-0.39, 0.29) is 4.90 Å². The molecule has 8 heteroatoms. The van der Waals surface area contributed by atoms with Gasteiger partial charge >= 0.3 is 0 Å². The second kappa shape index (κ2) is 9.61. The summed E-state index contributed by atoms with van der Waals surface area (Å²) in [5.41, 5.74) is 1.93. The summed E-state index contributed by atoms with van der Waals surface area (Å²) in [4.78, 5) is 12.2. The minimum atomic E-state index is -3.89. The molecule has 0 saturated heterocycles. The molecule has 2 N–H and O–H groups in total. The summed E-state index contributed by atoms with van der Waals surface area (Å²) < 4.78 is 33.2. The Hall–Kier alpha value is -4.09. The molecule has 0 spiro atoms. The van der Waals surface area contributed by atoms with Crippen molar-refractivity contribution in [2.75, 3.05) is 17.1 Å². The molecule has 0 aliphatic carbocycles. The molecule has 31 heavy (non-hydrogen) atoms. The number of ether oxygens (including phenoxy) is 1. The van der Waals surface area contributed by atoms with Gasteiger partial charge in [-0.15, -0.1) is 0 Å². The van der Waals surface area contributed by atoms with Crippen LogP contribution in [0.3, 0.4) is 0 Å². The number of hydrogen-bond acceptors (Lipinski definition) is 5. The van der Waals surface area contributed by atoms with Crippen LogP contribution in [-0.2, 0) is 14.8 Å². The number of hydrogen-bond donors (Lipinski definition) is 2. The summed E-state index contributed by atoms with van der Waals surface area (Å²) in [5, 5.41) is 11.5. The highest BCUT2D eigenvalue weighted by Crippen LogP contribution is 2.26. The molecule has 0 atom stereocenters. The number of nitrogens with one attached hydrogen (secondary N) is 2. The minimum Gasteiger partial charge on any atom is -0.495 e. The van der Waals surface area contributed by atoms with Crippen molar-refractivity contribution in [1.29, 1.82) is 5.26 Å². The number of benzene rings is 3. The predicted octanol–water partition coefficient (Wildman–Crippen LogP) is 4.02. The second-order valence-electron chi connectivity index (χ2n) is 6.39. The van der Waals surface area contributed by atoms with Crippen LogP contribution in [0, 0.1) is 11.3 Å². The maximum Gasteiger partial charge on any atom is 0.262 e. The number of carbonyl (C=O) groups is 1. The second-order valence-corrected chi connectivity index (χ2v) is 8.07. The van der Waals surface area contributed by atoms with Gasteiger partial charge in [0.25, 0.3) is 10.0 Å². The Morgan fingerprint density at radius 1 is 1.03 bits per heavy atom. The molecule has 156 valence electrons. The summed E-state index contributed by atoms with van der Waals surface area (Å²) in [6.07, 6.45) is 2.93. The lowest BCUT2D eigenvalue weighted by Gasteiger charge is -2.12. The van der Waals surface area contributed by atoms with Gasteiger partial charge in [0.2, 0.25) is 5.91 Å². The Morgan fingerprint density at radius 3 is 2.48 bits per heavy atom. The zero-order valence-electron chi connectivity index (χ0n) is 16.6. The smallest absolute Gasteiger partial charge is 0.262 e. The van der Waals surface area contributed by atoms with Crippen LogP contribution in [0.2, 0.25) is 0 Å². The SMILES string of the molecule is COc1ccccc1NS(=O)(=O)c1cccc(NC(=O)/C=C/c2ccc(C#N)cc2)c1. The molecule has 0 aliphatic heterocycles. The number of methoxy groups -OCH3 is 1. The normalized spacial score (nSPS) is 11.0. The van der Waals surface area contributed by atoms with Gasteiger partial charge in [-0.05, 0) is 54.1 Å². The van der Waals surface area contributed by atoms with Gasteiger partial charge in [0.1, 0.15) is 5.75 Å². The largest absolute Gasteiger partial charge is 0.495 e. The van der Waals surface area contributed by atoms with Gasteiger partial charge in [-0.3, -0.25) is 9.52 Å². The predicted molar refractivity (Wildman–Crippen MR) is 119 cm³/mol. The minimum absolute atomic E-state index is 0.00715. The zero-order chi connectivity index (χ0) is 22.3. The first-order chi connectivity index (χ1) is 14.9. The third-order valence-corrected chi connectivity index (χ3v) is 5.59. The van der Waals surface area contributed by atoms with E-state index < -0.39 is 15.9 Å². The molecule has 0 heterocycles. The van der Waals surface area contributed by atoms with Crippen LogP contribution < -0.4 is 14.8 Å². The van der Waals surface area contributed by atoms with Gasteiger partial charge in [-0.25, -0.2) is 8.42 Å². The van der Waals surface area contributed by atoms with Crippen LogP contribution in [0.1, 0.15) is 11.1 Å². The molecule has 3 rings (SSSR count). The first-order valence-electron chi connectivity index (χ1n) is 9.16. The number of sulfonamides is 1. The fourth-order valence-electron chi connectivity index (χ4n) is 2.70. The van der Waals surface area contributed by atoms with Gasteiger partial charge in [0.05, 0.1) is 29.3 Å². The Morgan fingerprint density at radius 2 is 1.77 bits per heavy atom. The van der Waals surface area contributed by atoms with Gasteiger partial charge in [-0.2, -0.15) is 5.26 Å². The Bertz CT molecular complexity index is 1260. The molecular formula is C23H19N3O4S. The number of nitriles is 1. The lowest BCUT2D eigenvalue weighted by molar-refractivity contribution is -0.111. The molecule has 3 aromatic carbocycles. The van der Waals surface area contributed by atoms with E-state index in [1.54, 1.807) is 60.7 Å². The molecule has 0 fully saturated rings. The van der Waals surface area contributed by atoms with Crippen molar-refractivity contribution in [2.24, 2.45) is 0 Å². The monoisotopic (exact) mass is 433 g/mol. The fourth-order valence-corrected chi connectivity index (χ4v) is 3.81. The van der Waals surface area contributed by atoms with E-state index in [1.807, 2.05) is 6.07 Å². The molecule has 0 aliphatic rings. The molecule has 0 bridgehead atoms. The van der Waals surface area contributed by atoms with E-state index in [9.17, 15) is 13.2 Å². The average molecular weight is 433 g/mol. The number of rotatable bonds is 7. The van der Waals surface area contributed by atoms with Crippen LogP contribution >= 0.6 is 0 Å². The summed E-state index contributed by atoms with van der Waals surface area (Å²) in [5.74, 6) is -0.0277. The third-order valence-electron chi connectivity index (χ3n) is 4.23. The maximum absolute atomic E-state index is 12.8. The van der Waals surface area contributed by atoms with Crippen molar-refractivity contribution in [3.8, 4) is 11.8 Å². The lowest BCUT2D eigenvalue weighted by Crippen LogP contribution is -2.14. The number of para-hydroxylation sites is 2. The van der Waals surface area contributed by atoms with Crippen LogP contribution in [-0.4, -0.2) is 21.4 Å². The van der Waals surface area contributed by atoms with E-state index in [1.165, 1.54) is 31.4 Å². The summed E-state index contributed by atoms with van der Waals surface area (Å²) in [7, 11) is -2.44. The van der Waals surface area contributed by atoms with Crippen molar-refractivity contribution in [2.45, 2.75) is 4.90 Å². The molecule has 0 radical (unpaired) electrons. The summed E-state index contributed by atoms with van der Waals surface area (Å²) in [6, 6.07) is 21.4. The first-order valence-corrected chi connectivity index (χ1v) is 10.6. The van der Waals surface area contributed by atoms with Crippen molar-refractivity contribution >= 4 is 33.4 Å². The molecule has 1 amide bonds. The molecule has 0 saturated carbocycles. The third kappa shape index (κ3) is 5.72. The standard InChI is InChI=1S/C23H19N3O4S/c1-30-22-8-3-2-7-21(22)26-31(28,29)20-6-4-5-19(15-20)25-23(27)14-13-17-9-11-18(16-24)12-10-17/h2-15,26H,1H3,(H,25,27)/b14-13+. The van der Waals surface area contributed by atoms with Crippen molar-refractivity contribution in [1.82, 2.24) is 0 Å². The quantitative estimate of drug-likeness (QED) is 0.547. The highest BCUT2D eigenvalue weighted by atomic mass is 32.2. The lowest BCUT2D eigenvalue weighted by atomic mass is 10.1. The van der Waals surface area contributed by atoms with Crippen LogP contribution in [0.5, 0.6) is 5.75 Å². The fraction of sp³-hybridized carbons (Fsp3) is 0.0435. The first kappa shape index (κ1) is 21.6. The highest BCUT2D eigenvalue weighted by Gasteiger charge is 2.17. The molecular weight excluding hydrogens is 414 g/mol. The Balaban J connectivity index is 1.72. The average Bonchev–Trinajstić information content (AvgIpc) is 2.78. The summed E-state index contributed by atoms with van der Waals surface area (Å²) in [6.45, 7) is 0. The van der Waals surface area contributed by atoms with Gasteiger partial charge < -0.3 is 10.1 Å². The number of anilines is 2. The molecule has 7 nitrogen and oxygen atoms in total. The molecule has 0 aromatic heterocycles. The zero-order valence-corrected chi connectivity index (χ0v) is 17.4.